The van der Waals surface area contributed by atoms with Crippen molar-refractivity contribution in [2.75, 3.05) is 13.7 Å². The molecular formula is C14H13ClN2O4. The second kappa shape index (κ2) is 6.41. The Balaban J connectivity index is 2.69. The van der Waals surface area contributed by atoms with Crippen LogP contribution in [0.15, 0.2) is 30.5 Å². The number of hydrogen-bond donors (Lipinski definition) is 0. The summed E-state index contributed by atoms with van der Waals surface area (Å²) in [6.07, 6.45) is 1.47. The number of nitro groups is 1. The molecule has 0 aliphatic carbocycles. The van der Waals surface area contributed by atoms with Crippen molar-refractivity contribution in [3.8, 4) is 22.8 Å². The molecule has 0 saturated heterocycles. The second-order valence-corrected chi connectivity index (χ2v) is 4.51. The van der Waals surface area contributed by atoms with E-state index in [1.165, 1.54) is 31.5 Å². The molecule has 0 radical (unpaired) electrons. The first kappa shape index (κ1) is 15.1. The largest absolute Gasteiger partial charge is 0.492 e. The van der Waals surface area contributed by atoms with Crippen LogP contribution < -0.4 is 9.47 Å². The molecule has 0 unspecified atom stereocenters. The fourth-order valence-corrected chi connectivity index (χ4v) is 2.07. The number of hydrogen-bond acceptors (Lipinski definition) is 5. The summed E-state index contributed by atoms with van der Waals surface area (Å²) in [5.41, 5.74) is 0.808. The minimum absolute atomic E-state index is 0.0615. The van der Waals surface area contributed by atoms with Crippen LogP contribution in [-0.4, -0.2) is 23.6 Å². The zero-order valence-electron chi connectivity index (χ0n) is 11.5. The Morgan fingerprint density at radius 1 is 1.33 bits per heavy atom. The van der Waals surface area contributed by atoms with E-state index in [1.54, 1.807) is 6.07 Å². The molecule has 1 aromatic carbocycles. The molecule has 1 aromatic heterocycles. The first-order chi connectivity index (χ1) is 10.1. The number of nitrogens with zero attached hydrogens (tertiary/aromatic N) is 2. The van der Waals surface area contributed by atoms with Crippen molar-refractivity contribution >= 4 is 17.3 Å². The number of pyridine rings is 1. The average molecular weight is 309 g/mol. The minimum atomic E-state index is -0.464. The van der Waals surface area contributed by atoms with Crippen molar-refractivity contribution in [1.29, 1.82) is 0 Å². The van der Waals surface area contributed by atoms with E-state index in [1.807, 2.05) is 6.92 Å². The molecule has 0 saturated carbocycles. The number of rotatable bonds is 5. The summed E-state index contributed by atoms with van der Waals surface area (Å²) in [5.74, 6) is 0.770. The summed E-state index contributed by atoms with van der Waals surface area (Å²) in [7, 11) is 1.47. The summed E-state index contributed by atoms with van der Waals surface area (Å²) < 4.78 is 10.6. The monoisotopic (exact) mass is 308 g/mol. The predicted molar refractivity (Wildman–Crippen MR) is 79.1 cm³/mol. The predicted octanol–water partition coefficient (Wildman–Crippen LogP) is 3.72. The lowest BCUT2D eigenvalue weighted by atomic mass is 10.0. The quantitative estimate of drug-likeness (QED) is 0.621. The van der Waals surface area contributed by atoms with Crippen molar-refractivity contribution in [1.82, 2.24) is 4.98 Å². The van der Waals surface area contributed by atoms with Crippen LogP contribution >= 0.6 is 11.6 Å². The van der Waals surface area contributed by atoms with Crippen molar-refractivity contribution in [3.05, 3.63) is 45.6 Å². The van der Waals surface area contributed by atoms with Gasteiger partial charge in [-0.1, -0.05) is 11.6 Å². The summed E-state index contributed by atoms with van der Waals surface area (Å²) >= 11 is 5.96. The van der Waals surface area contributed by atoms with Gasteiger partial charge in [0.25, 0.3) is 5.69 Å². The van der Waals surface area contributed by atoms with E-state index in [0.717, 1.165) is 0 Å². The molecule has 0 fully saturated rings. The van der Waals surface area contributed by atoms with Gasteiger partial charge in [0, 0.05) is 22.7 Å². The molecule has 7 heteroatoms. The normalized spacial score (nSPS) is 10.2. The molecule has 110 valence electrons. The lowest BCUT2D eigenvalue weighted by Crippen LogP contribution is -1.99. The lowest BCUT2D eigenvalue weighted by Gasteiger charge is -2.11. The average Bonchev–Trinajstić information content (AvgIpc) is 2.47. The molecule has 21 heavy (non-hydrogen) atoms. The van der Waals surface area contributed by atoms with Crippen LogP contribution in [0.4, 0.5) is 5.69 Å². The van der Waals surface area contributed by atoms with Crippen LogP contribution in [0.2, 0.25) is 5.02 Å². The standard InChI is InChI=1S/C14H13ClN2O4/c1-3-21-13-8-16-14(20-2)7-11(13)10-6-9(15)4-5-12(10)17(18)19/h4-8H,3H2,1-2H3. The molecule has 0 aliphatic rings. The number of benzene rings is 1. The maximum atomic E-state index is 11.2. The highest BCUT2D eigenvalue weighted by molar-refractivity contribution is 6.31. The van der Waals surface area contributed by atoms with Gasteiger partial charge in [-0.2, -0.15) is 0 Å². The van der Waals surface area contributed by atoms with Crippen LogP contribution in [0.25, 0.3) is 11.1 Å². The molecule has 2 rings (SSSR count). The van der Waals surface area contributed by atoms with E-state index >= 15 is 0 Å². The van der Waals surface area contributed by atoms with Gasteiger partial charge < -0.3 is 9.47 Å². The minimum Gasteiger partial charge on any atom is -0.492 e. The van der Waals surface area contributed by atoms with Gasteiger partial charge in [-0.25, -0.2) is 4.98 Å². The van der Waals surface area contributed by atoms with E-state index < -0.39 is 4.92 Å². The SMILES string of the molecule is CCOc1cnc(OC)cc1-c1cc(Cl)ccc1[N+](=O)[O-]. The third-order valence-electron chi connectivity index (χ3n) is 2.80. The van der Waals surface area contributed by atoms with Gasteiger partial charge in [-0.05, 0) is 19.1 Å². The van der Waals surface area contributed by atoms with Gasteiger partial charge in [0.15, 0.2) is 0 Å². The fourth-order valence-electron chi connectivity index (χ4n) is 1.90. The van der Waals surface area contributed by atoms with Crippen molar-refractivity contribution in [2.45, 2.75) is 6.92 Å². The Labute approximate surface area is 126 Å². The highest BCUT2D eigenvalue weighted by Gasteiger charge is 2.20. The van der Waals surface area contributed by atoms with Gasteiger partial charge in [-0.15, -0.1) is 0 Å². The zero-order valence-corrected chi connectivity index (χ0v) is 12.3. The third kappa shape index (κ3) is 3.22. The Morgan fingerprint density at radius 2 is 2.10 bits per heavy atom. The van der Waals surface area contributed by atoms with Crippen molar-refractivity contribution < 1.29 is 14.4 Å². The number of ether oxygens (including phenoxy) is 2. The molecule has 6 nitrogen and oxygen atoms in total. The highest BCUT2D eigenvalue weighted by atomic mass is 35.5. The molecule has 0 amide bonds. The van der Waals surface area contributed by atoms with Crippen LogP contribution in [0.3, 0.4) is 0 Å². The maximum absolute atomic E-state index is 11.2. The zero-order chi connectivity index (χ0) is 15.4. The number of methoxy groups -OCH3 is 1. The van der Waals surface area contributed by atoms with Gasteiger partial charge in [-0.3, -0.25) is 10.1 Å². The Hall–Kier alpha value is -2.34. The molecule has 0 atom stereocenters. The molecule has 1 heterocycles. The second-order valence-electron chi connectivity index (χ2n) is 4.07. The van der Waals surface area contributed by atoms with E-state index in [9.17, 15) is 10.1 Å². The lowest BCUT2D eigenvalue weighted by molar-refractivity contribution is -0.384. The summed E-state index contributed by atoms with van der Waals surface area (Å²) in [4.78, 5) is 14.8. The molecule has 0 N–H and O–H groups in total. The topological polar surface area (TPSA) is 74.5 Å². The van der Waals surface area contributed by atoms with Crippen molar-refractivity contribution in [2.24, 2.45) is 0 Å². The molecule has 0 bridgehead atoms. The number of nitro benzene ring substituents is 1. The third-order valence-corrected chi connectivity index (χ3v) is 3.03. The fraction of sp³-hybridized carbons (Fsp3) is 0.214. The van der Waals surface area contributed by atoms with Gasteiger partial charge >= 0.3 is 0 Å². The molecule has 0 aliphatic heterocycles. The van der Waals surface area contributed by atoms with Gasteiger partial charge in [0.05, 0.1) is 30.4 Å². The Morgan fingerprint density at radius 3 is 2.71 bits per heavy atom. The first-order valence-electron chi connectivity index (χ1n) is 6.18. The van der Waals surface area contributed by atoms with Crippen LogP contribution in [0.5, 0.6) is 11.6 Å². The molecular weight excluding hydrogens is 296 g/mol. The van der Waals surface area contributed by atoms with Crippen molar-refractivity contribution in [3.63, 3.8) is 0 Å². The van der Waals surface area contributed by atoms with Crippen LogP contribution in [0.1, 0.15) is 6.92 Å². The summed E-state index contributed by atoms with van der Waals surface area (Å²) in [6, 6.07) is 5.95. The molecule has 0 spiro atoms. The summed E-state index contributed by atoms with van der Waals surface area (Å²) in [6.45, 7) is 2.23. The highest BCUT2D eigenvalue weighted by Crippen LogP contribution is 2.38. The van der Waals surface area contributed by atoms with E-state index in [-0.39, 0.29) is 5.69 Å². The number of aromatic nitrogens is 1. The number of halogens is 1. The summed E-state index contributed by atoms with van der Waals surface area (Å²) in [5, 5.41) is 11.6. The smallest absolute Gasteiger partial charge is 0.277 e. The van der Waals surface area contributed by atoms with Gasteiger partial charge in [0.1, 0.15) is 5.75 Å². The van der Waals surface area contributed by atoms with E-state index in [0.29, 0.717) is 34.4 Å². The molecule has 2 aromatic rings. The Kier molecular flexibility index (Phi) is 4.59. The van der Waals surface area contributed by atoms with E-state index in [2.05, 4.69) is 4.98 Å². The van der Waals surface area contributed by atoms with Gasteiger partial charge in [0.2, 0.25) is 5.88 Å². The maximum Gasteiger partial charge on any atom is 0.277 e. The Bertz CT molecular complexity index is 676. The first-order valence-corrected chi connectivity index (χ1v) is 6.55. The van der Waals surface area contributed by atoms with Crippen LogP contribution in [-0.2, 0) is 0 Å². The van der Waals surface area contributed by atoms with Crippen LogP contribution in [0, 0.1) is 10.1 Å². The van der Waals surface area contributed by atoms with E-state index in [4.69, 9.17) is 21.1 Å².